The second-order valence-corrected chi connectivity index (χ2v) is 12.3. The molecule has 0 aromatic heterocycles. The Balaban J connectivity index is 1.61. The first-order chi connectivity index (χ1) is 26.3. The number of ether oxygens (including phenoxy) is 12. The van der Waals surface area contributed by atoms with Crippen LogP contribution < -0.4 is 10.5 Å². The molecule has 1 aromatic carbocycles. The highest BCUT2D eigenvalue weighted by molar-refractivity contribution is 5.51. The first-order valence-electron chi connectivity index (χ1n) is 20.2. The molecule has 53 heavy (non-hydrogen) atoms. The first-order valence-corrected chi connectivity index (χ1v) is 20.2. The largest absolute Gasteiger partial charge is 0.489 e. The quantitative estimate of drug-likeness (QED) is 0.0639. The summed E-state index contributed by atoms with van der Waals surface area (Å²) in [6.07, 6.45) is 13.4. The molecule has 2 N–H and O–H groups in total. The summed E-state index contributed by atoms with van der Waals surface area (Å²) in [7, 11) is 0. The van der Waals surface area contributed by atoms with Gasteiger partial charge in [-0.2, -0.15) is 0 Å². The van der Waals surface area contributed by atoms with Crippen molar-refractivity contribution < 1.29 is 56.8 Å². The average Bonchev–Trinajstić information content (AvgIpc) is 3.17. The van der Waals surface area contributed by atoms with Gasteiger partial charge in [-0.1, -0.05) is 76.8 Å². The van der Waals surface area contributed by atoms with Crippen LogP contribution in [0.4, 0.5) is 5.69 Å². The van der Waals surface area contributed by atoms with E-state index in [2.05, 4.69) is 6.92 Å². The van der Waals surface area contributed by atoms with Gasteiger partial charge in [0.25, 0.3) is 0 Å². The van der Waals surface area contributed by atoms with Crippen LogP contribution in [0.25, 0.3) is 0 Å². The van der Waals surface area contributed by atoms with Gasteiger partial charge in [0.1, 0.15) is 12.4 Å². The van der Waals surface area contributed by atoms with Gasteiger partial charge < -0.3 is 62.6 Å². The zero-order valence-electron chi connectivity index (χ0n) is 33.1. The third-order valence-corrected chi connectivity index (χ3v) is 7.77. The van der Waals surface area contributed by atoms with E-state index in [0.29, 0.717) is 157 Å². The van der Waals surface area contributed by atoms with E-state index in [0.717, 1.165) is 13.0 Å². The van der Waals surface area contributed by atoms with Crippen LogP contribution in [0.1, 0.15) is 71.1 Å². The van der Waals surface area contributed by atoms with Gasteiger partial charge in [0.2, 0.25) is 0 Å². The Labute approximate surface area is 321 Å². The lowest BCUT2D eigenvalue weighted by atomic mass is 10.1. The van der Waals surface area contributed by atoms with E-state index < -0.39 is 0 Å². The van der Waals surface area contributed by atoms with Crippen LogP contribution in [0, 0.1) is 0 Å². The number of nitrogens with two attached hydrogens (primary N) is 1. The van der Waals surface area contributed by atoms with Crippen LogP contribution in [-0.4, -0.2) is 152 Å². The molecule has 0 spiro atoms. The van der Waals surface area contributed by atoms with Crippen LogP contribution >= 0.6 is 0 Å². The molecule has 13 heteroatoms. The van der Waals surface area contributed by atoms with Gasteiger partial charge in [-0.15, -0.1) is 0 Å². The van der Waals surface area contributed by atoms with Gasteiger partial charge in [0, 0.05) is 6.61 Å². The molecular weight excluding hydrogens is 686 g/mol. The first kappa shape index (κ1) is 49.4. The Kier molecular flexibility index (Phi) is 40.2. The summed E-state index contributed by atoms with van der Waals surface area (Å²) in [6.45, 7) is 14.6. The van der Waals surface area contributed by atoms with E-state index in [9.17, 15) is 0 Å². The number of para-hydroxylation sites is 2. The monoisotopic (exact) mass is 762 g/mol. The zero-order chi connectivity index (χ0) is 37.8. The topological polar surface area (TPSA) is 137 Å². The van der Waals surface area contributed by atoms with E-state index in [1.165, 1.54) is 57.8 Å². The summed E-state index contributed by atoms with van der Waals surface area (Å²) in [4.78, 5) is 0. The van der Waals surface area contributed by atoms with Crippen molar-refractivity contribution in [2.45, 2.75) is 71.1 Å². The lowest BCUT2D eigenvalue weighted by molar-refractivity contribution is -0.0277. The normalized spacial score (nSPS) is 11.5. The number of nitrogen functional groups attached to an aromatic ring is 1. The number of hydrogen-bond acceptors (Lipinski definition) is 13. The van der Waals surface area contributed by atoms with Crippen LogP contribution in [0.5, 0.6) is 5.75 Å². The minimum Gasteiger partial charge on any atom is -0.489 e. The fourth-order valence-electron chi connectivity index (χ4n) is 4.82. The van der Waals surface area contributed by atoms with Crippen LogP contribution in [0.2, 0.25) is 0 Å². The summed E-state index contributed by atoms with van der Waals surface area (Å²) in [6, 6.07) is 7.39. The highest BCUT2D eigenvalue weighted by Crippen LogP contribution is 2.19. The summed E-state index contributed by atoms with van der Waals surface area (Å²) >= 11 is 0. The van der Waals surface area contributed by atoms with Crippen molar-refractivity contribution in [1.82, 2.24) is 0 Å². The minimum absolute atomic E-state index is 0.439. The molecule has 0 radical (unpaired) electrons. The molecule has 0 aliphatic rings. The molecule has 0 amide bonds. The maximum atomic E-state index is 5.83. The molecular formula is C40H75NO12. The molecule has 0 aliphatic heterocycles. The van der Waals surface area contributed by atoms with Crippen molar-refractivity contribution in [1.29, 1.82) is 0 Å². The SMILES string of the molecule is CCCCCCCCCCCCOCCOCCOCCOCCOCCOCCOCCOCCOCCOCCOCCOc1ccccc1N. The van der Waals surface area contributed by atoms with Crippen LogP contribution in [0.3, 0.4) is 0 Å². The van der Waals surface area contributed by atoms with Gasteiger partial charge in [-0.25, -0.2) is 0 Å². The smallest absolute Gasteiger partial charge is 0.142 e. The minimum atomic E-state index is 0.439. The fourth-order valence-corrected chi connectivity index (χ4v) is 4.82. The van der Waals surface area contributed by atoms with E-state index in [-0.39, 0.29) is 0 Å². The Bertz CT molecular complexity index is 841. The molecule has 0 saturated carbocycles. The van der Waals surface area contributed by atoms with Crippen LogP contribution in [-0.2, 0) is 52.1 Å². The lowest BCUT2D eigenvalue weighted by Crippen LogP contribution is -2.15. The highest BCUT2D eigenvalue weighted by Gasteiger charge is 1.99. The summed E-state index contributed by atoms with van der Waals surface area (Å²) in [5.74, 6) is 0.670. The predicted octanol–water partition coefficient (Wildman–Crippen LogP) is 5.75. The van der Waals surface area contributed by atoms with E-state index in [1.807, 2.05) is 18.2 Å². The third kappa shape index (κ3) is 38.4. The van der Waals surface area contributed by atoms with E-state index in [1.54, 1.807) is 6.07 Å². The van der Waals surface area contributed by atoms with E-state index >= 15 is 0 Å². The van der Waals surface area contributed by atoms with Gasteiger partial charge in [0.15, 0.2) is 0 Å². The van der Waals surface area contributed by atoms with E-state index in [4.69, 9.17) is 62.6 Å². The summed E-state index contributed by atoms with van der Waals surface area (Å²) in [5, 5.41) is 0. The standard InChI is InChI=1S/C40H75NO12/c1-2-3-4-5-6-7-8-9-10-13-16-42-17-18-43-19-20-44-21-22-45-23-24-46-25-26-47-27-28-48-29-30-49-31-32-50-33-34-51-35-36-52-37-38-53-40-15-12-11-14-39(40)41/h11-12,14-15H,2-10,13,16-38,41H2,1H3. The summed E-state index contributed by atoms with van der Waals surface area (Å²) < 4.78 is 66.3. The molecule has 0 unspecified atom stereocenters. The Hall–Kier alpha value is -1.62. The molecule has 0 fully saturated rings. The van der Waals surface area contributed by atoms with Crippen molar-refractivity contribution in [2.24, 2.45) is 0 Å². The maximum Gasteiger partial charge on any atom is 0.142 e. The Morgan fingerprint density at radius 3 is 0.906 bits per heavy atom. The molecule has 0 atom stereocenters. The molecule has 0 aliphatic carbocycles. The van der Waals surface area contributed by atoms with Crippen LogP contribution in [0.15, 0.2) is 24.3 Å². The van der Waals surface area contributed by atoms with Crippen molar-refractivity contribution in [2.75, 3.05) is 158 Å². The molecule has 13 nitrogen and oxygen atoms in total. The average molecular weight is 762 g/mol. The molecule has 0 bridgehead atoms. The van der Waals surface area contributed by atoms with Crippen molar-refractivity contribution in [3.05, 3.63) is 24.3 Å². The zero-order valence-corrected chi connectivity index (χ0v) is 33.1. The second kappa shape index (κ2) is 43.1. The molecule has 1 aromatic rings. The van der Waals surface area contributed by atoms with Gasteiger partial charge in [-0.3, -0.25) is 0 Å². The predicted molar refractivity (Wildman–Crippen MR) is 207 cm³/mol. The number of rotatable bonds is 45. The third-order valence-electron chi connectivity index (χ3n) is 7.77. The van der Waals surface area contributed by atoms with Gasteiger partial charge in [-0.05, 0) is 18.6 Å². The number of anilines is 1. The lowest BCUT2D eigenvalue weighted by Gasteiger charge is -2.10. The molecule has 1 rings (SSSR count). The Morgan fingerprint density at radius 2 is 0.585 bits per heavy atom. The number of benzene rings is 1. The fraction of sp³-hybridized carbons (Fsp3) is 0.850. The highest BCUT2D eigenvalue weighted by atomic mass is 16.6. The summed E-state index contributed by atoms with van der Waals surface area (Å²) in [5.41, 5.74) is 6.45. The second-order valence-electron chi connectivity index (χ2n) is 12.3. The number of unbranched alkanes of at least 4 members (excludes halogenated alkanes) is 9. The maximum absolute atomic E-state index is 5.83. The van der Waals surface area contributed by atoms with Crippen molar-refractivity contribution >= 4 is 5.69 Å². The van der Waals surface area contributed by atoms with Crippen molar-refractivity contribution in [3.8, 4) is 5.75 Å². The Morgan fingerprint density at radius 1 is 0.321 bits per heavy atom. The number of hydrogen-bond donors (Lipinski definition) is 1. The molecule has 312 valence electrons. The molecule has 0 heterocycles. The van der Waals surface area contributed by atoms with Gasteiger partial charge in [0.05, 0.1) is 144 Å². The van der Waals surface area contributed by atoms with Gasteiger partial charge >= 0.3 is 0 Å². The van der Waals surface area contributed by atoms with Crippen molar-refractivity contribution in [3.63, 3.8) is 0 Å². The molecule has 0 saturated heterocycles.